The summed E-state index contributed by atoms with van der Waals surface area (Å²) in [4.78, 5) is 19.9. The van der Waals surface area contributed by atoms with Gasteiger partial charge in [-0.05, 0) is 0 Å². The first-order valence-electron chi connectivity index (χ1n) is 2.30. The van der Waals surface area contributed by atoms with Crippen molar-refractivity contribution in [3.05, 3.63) is 0 Å². The van der Waals surface area contributed by atoms with Gasteiger partial charge in [0.05, 0.1) is 18.3 Å². The molecule has 1 atom stereocenters. The van der Waals surface area contributed by atoms with Crippen molar-refractivity contribution in [3.8, 4) is 0 Å². The van der Waals surface area contributed by atoms with Gasteiger partial charge in [-0.15, -0.1) is 0 Å². The molecule has 0 saturated carbocycles. The molecule has 1 unspecified atom stereocenters. The molecule has 0 rings (SSSR count). The minimum atomic E-state index is -1.47. The molecule has 0 bridgehead atoms. The molecule has 0 aliphatic rings. The van der Waals surface area contributed by atoms with Crippen molar-refractivity contribution in [2.24, 2.45) is 0 Å². The fourth-order valence-electron chi connectivity index (χ4n) is 0.316. The summed E-state index contributed by atoms with van der Waals surface area (Å²) in [6, 6.07) is 0. The SMILES string of the molecule is O=C(O)CC(OCl)C(=O)O.[Na]. The third-order valence-electron chi connectivity index (χ3n) is 0.743. The predicted octanol–water partition coefficient (Wildman–Crippen LogP) is -0.296. The van der Waals surface area contributed by atoms with Crippen LogP contribution in [-0.4, -0.2) is 57.8 Å². The van der Waals surface area contributed by atoms with E-state index in [9.17, 15) is 9.59 Å². The van der Waals surface area contributed by atoms with Crippen LogP contribution < -0.4 is 0 Å². The van der Waals surface area contributed by atoms with E-state index in [-0.39, 0.29) is 29.6 Å². The third kappa shape index (κ3) is 6.58. The third-order valence-corrected chi connectivity index (χ3v) is 0.958. The average Bonchev–Trinajstić information content (AvgIpc) is 1.81. The van der Waals surface area contributed by atoms with Crippen molar-refractivity contribution >= 4 is 53.4 Å². The maximum absolute atomic E-state index is 9.99. The Bertz CT molecular complexity index is 149. The first-order chi connectivity index (χ1) is 4.57. The van der Waals surface area contributed by atoms with Gasteiger partial charge in [0.25, 0.3) is 0 Å². The van der Waals surface area contributed by atoms with E-state index in [0.29, 0.717) is 0 Å². The van der Waals surface area contributed by atoms with Crippen LogP contribution in [0.5, 0.6) is 0 Å². The summed E-state index contributed by atoms with van der Waals surface area (Å²) in [6.45, 7) is 0. The quantitative estimate of drug-likeness (QED) is 0.597. The Labute approximate surface area is 89.7 Å². The minimum Gasteiger partial charge on any atom is -0.481 e. The molecular formula is C4H5ClNaO5. The van der Waals surface area contributed by atoms with Crippen LogP contribution in [0.15, 0.2) is 0 Å². The van der Waals surface area contributed by atoms with Gasteiger partial charge in [0.1, 0.15) is 0 Å². The van der Waals surface area contributed by atoms with E-state index in [4.69, 9.17) is 10.2 Å². The molecule has 59 valence electrons. The Morgan fingerprint density at radius 3 is 2.00 bits per heavy atom. The zero-order valence-corrected chi connectivity index (χ0v) is 8.54. The van der Waals surface area contributed by atoms with E-state index >= 15 is 0 Å². The van der Waals surface area contributed by atoms with Crippen LogP contribution in [0.25, 0.3) is 0 Å². The molecule has 7 heteroatoms. The minimum absolute atomic E-state index is 0. The van der Waals surface area contributed by atoms with E-state index in [1.165, 1.54) is 0 Å². The summed E-state index contributed by atoms with van der Waals surface area (Å²) < 4.78 is 3.81. The molecular weight excluding hydrogens is 186 g/mol. The van der Waals surface area contributed by atoms with Crippen molar-refractivity contribution < 1.29 is 24.1 Å². The second-order valence-corrected chi connectivity index (χ2v) is 1.69. The van der Waals surface area contributed by atoms with Crippen molar-refractivity contribution in [2.75, 3.05) is 0 Å². The number of hydrogen-bond acceptors (Lipinski definition) is 3. The standard InChI is InChI=1S/C4H5ClO5.Na/c5-10-2(4(8)9)1-3(6)7;/h2H,1H2,(H,6,7)(H,8,9);. The van der Waals surface area contributed by atoms with Crippen LogP contribution >= 0.6 is 11.9 Å². The van der Waals surface area contributed by atoms with Crippen molar-refractivity contribution in [3.63, 3.8) is 0 Å². The Kier molecular flexibility index (Phi) is 8.60. The fourth-order valence-corrected chi connectivity index (χ4v) is 0.455. The summed E-state index contributed by atoms with van der Waals surface area (Å²) in [7, 11) is 0. The monoisotopic (exact) mass is 191 g/mol. The Morgan fingerprint density at radius 1 is 1.45 bits per heavy atom. The van der Waals surface area contributed by atoms with Gasteiger partial charge in [-0.3, -0.25) is 9.08 Å². The smallest absolute Gasteiger partial charge is 0.335 e. The number of halogens is 1. The van der Waals surface area contributed by atoms with Gasteiger partial charge < -0.3 is 10.2 Å². The molecule has 0 aliphatic carbocycles. The van der Waals surface area contributed by atoms with Crippen LogP contribution in [0.4, 0.5) is 0 Å². The molecule has 11 heavy (non-hydrogen) atoms. The zero-order chi connectivity index (χ0) is 8.15. The van der Waals surface area contributed by atoms with Crippen LogP contribution in [0.2, 0.25) is 0 Å². The number of rotatable bonds is 4. The van der Waals surface area contributed by atoms with Gasteiger partial charge in [0.15, 0.2) is 6.10 Å². The molecule has 0 saturated heterocycles. The van der Waals surface area contributed by atoms with Gasteiger partial charge in [0, 0.05) is 29.6 Å². The van der Waals surface area contributed by atoms with Crippen LogP contribution in [0.1, 0.15) is 6.42 Å². The maximum Gasteiger partial charge on any atom is 0.335 e. The Balaban J connectivity index is 0. The average molecular weight is 192 g/mol. The largest absolute Gasteiger partial charge is 0.481 e. The Morgan fingerprint density at radius 2 is 1.91 bits per heavy atom. The van der Waals surface area contributed by atoms with Crippen molar-refractivity contribution in [2.45, 2.75) is 12.5 Å². The number of carboxylic acids is 2. The molecule has 0 heterocycles. The number of carbonyl (C=O) groups is 2. The molecule has 0 aromatic carbocycles. The van der Waals surface area contributed by atoms with E-state index in [1.54, 1.807) is 0 Å². The molecule has 0 amide bonds. The molecule has 5 nitrogen and oxygen atoms in total. The second kappa shape index (κ2) is 6.87. The summed E-state index contributed by atoms with van der Waals surface area (Å²) in [5.41, 5.74) is 0. The molecule has 0 aromatic rings. The molecule has 0 fully saturated rings. The van der Waals surface area contributed by atoms with Gasteiger partial charge in [-0.2, -0.15) is 0 Å². The number of carboxylic acid groups (broad SMARTS) is 2. The van der Waals surface area contributed by atoms with Gasteiger partial charge in [-0.1, -0.05) is 0 Å². The summed E-state index contributed by atoms with van der Waals surface area (Å²) >= 11 is 4.66. The van der Waals surface area contributed by atoms with E-state index in [2.05, 4.69) is 16.2 Å². The summed E-state index contributed by atoms with van der Waals surface area (Å²) in [5.74, 6) is -2.66. The topological polar surface area (TPSA) is 83.8 Å². The van der Waals surface area contributed by atoms with Gasteiger partial charge in [-0.25, -0.2) is 4.79 Å². The summed E-state index contributed by atoms with van der Waals surface area (Å²) in [5, 5.41) is 16.2. The zero-order valence-electron chi connectivity index (χ0n) is 5.78. The molecule has 0 aliphatic heterocycles. The fraction of sp³-hybridized carbons (Fsp3) is 0.500. The summed E-state index contributed by atoms with van der Waals surface area (Å²) in [6.07, 6.45) is -2.11. The van der Waals surface area contributed by atoms with Crippen molar-refractivity contribution in [1.82, 2.24) is 0 Å². The normalized spacial score (nSPS) is 11.4. The van der Waals surface area contributed by atoms with Gasteiger partial charge >= 0.3 is 11.9 Å². The van der Waals surface area contributed by atoms with Crippen LogP contribution in [0, 0.1) is 0 Å². The van der Waals surface area contributed by atoms with E-state index < -0.39 is 24.5 Å². The van der Waals surface area contributed by atoms with Crippen molar-refractivity contribution in [1.29, 1.82) is 0 Å². The Hall–Kier alpha value is 0.190. The molecule has 1 radical (unpaired) electrons. The molecule has 0 aromatic heterocycles. The number of hydrogen-bond donors (Lipinski definition) is 2. The molecule has 2 N–H and O–H groups in total. The molecule has 0 spiro atoms. The second-order valence-electron chi connectivity index (χ2n) is 1.51. The van der Waals surface area contributed by atoms with Crippen LogP contribution in [-0.2, 0) is 13.9 Å². The number of aliphatic carboxylic acids is 2. The van der Waals surface area contributed by atoms with E-state index in [0.717, 1.165) is 0 Å². The maximum atomic E-state index is 9.99. The predicted molar refractivity (Wildman–Crippen MR) is 36.4 cm³/mol. The van der Waals surface area contributed by atoms with Crippen LogP contribution in [0.3, 0.4) is 0 Å². The van der Waals surface area contributed by atoms with E-state index in [1.807, 2.05) is 0 Å². The first-order valence-corrected chi connectivity index (χ1v) is 2.60. The van der Waals surface area contributed by atoms with Gasteiger partial charge in [0.2, 0.25) is 0 Å². The first kappa shape index (κ1) is 13.8.